The second-order valence-electron chi connectivity index (χ2n) is 9.74. The van der Waals surface area contributed by atoms with E-state index in [0.717, 1.165) is 74.6 Å². The Bertz CT molecular complexity index is 1730. The van der Waals surface area contributed by atoms with E-state index in [-0.39, 0.29) is 0 Å². The standard InChI is InChI=1S/C31H31N7O2S/c1-4-5-12-27-32-25-18-24(26-11-8-17-41-26)28(31(39-2)40-3)33-30(25)38(27)19-20-13-15-21(16-14-20)22-9-6-7-10-23(22)29-34-36-37-35-29/h6-11,13-18,31H,4-5,12,19H2,1-3H3,(H,34,35,36,37). The molecule has 9 nitrogen and oxygen atoms in total. The Morgan fingerprint density at radius 3 is 2.41 bits per heavy atom. The summed E-state index contributed by atoms with van der Waals surface area (Å²) in [5, 5.41) is 16.7. The Kier molecular flexibility index (Phi) is 7.95. The predicted molar refractivity (Wildman–Crippen MR) is 160 cm³/mol. The van der Waals surface area contributed by atoms with E-state index in [1.54, 1.807) is 25.6 Å². The molecule has 1 N–H and O–H groups in total. The van der Waals surface area contributed by atoms with Gasteiger partial charge in [-0.3, -0.25) is 0 Å². The molecule has 0 radical (unpaired) electrons. The van der Waals surface area contributed by atoms with Crippen molar-refractivity contribution in [3.63, 3.8) is 0 Å². The molecule has 4 heterocycles. The number of aromatic nitrogens is 7. The maximum absolute atomic E-state index is 5.67. The number of hydrogen-bond donors (Lipinski definition) is 1. The summed E-state index contributed by atoms with van der Waals surface area (Å²) < 4.78 is 13.6. The molecule has 6 rings (SSSR count). The third-order valence-electron chi connectivity index (χ3n) is 7.14. The highest BCUT2D eigenvalue weighted by Gasteiger charge is 2.23. The zero-order chi connectivity index (χ0) is 28.2. The fraction of sp³-hybridized carbons (Fsp3) is 0.258. The molecule has 10 heteroatoms. The smallest absolute Gasteiger partial charge is 0.205 e. The molecule has 0 unspecified atom stereocenters. The van der Waals surface area contributed by atoms with E-state index < -0.39 is 6.29 Å². The van der Waals surface area contributed by atoms with Crippen LogP contribution in [0.5, 0.6) is 0 Å². The topological polar surface area (TPSA) is 104 Å². The van der Waals surface area contributed by atoms with Gasteiger partial charge in [0.05, 0.1) is 6.54 Å². The first kappa shape index (κ1) is 26.9. The molecule has 0 spiro atoms. The number of nitrogens with one attached hydrogen (secondary N) is 1. The van der Waals surface area contributed by atoms with Crippen LogP contribution in [0.15, 0.2) is 72.1 Å². The number of imidazole rings is 1. The number of hydrogen-bond acceptors (Lipinski definition) is 8. The van der Waals surface area contributed by atoms with Crippen molar-refractivity contribution in [2.75, 3.05) is 14.2 Å². The lowest BCUT2D eigenvalue weighted by atomic mass is 9.98. The molecule has 41 heavy (non-hydrogen) atoms. The maximum Gasteiger partial charge on any atom is 0.205 e. The van der Waals surface area contributed by atoms with Crippen molar-refractivity contribution in [3.8, 4) is 33.0 Å². The van der Waals surface area contributed by atoms with Crippen molar-refractivity contribution in [1.29, 1.82) is 0 Å². The fourth-order valence-electron chi connectivity index (χ4n) is 5.11. The molecular formula is C31H31N7O2S. The van der Waals surface area contributed by atoms with E-state index in [0.29, 0.717) is 12.4 Å². The molecule has 0 aliphatic rings. The summed E-state index contributed by atoms with van der Waals surface area (Å²) in [7, 11) is 3.28. The first-order valence-corrected chi connectivity index (χ1v) is 14.5. The summed E-state index contributed by atoms with van der Waals surface area (Å²) in [5.41, 5.74) is 7.66. The van der Waals surface area contributed by atoms with Crippen molar-refractivity contribution in [2.24, 2.45) is 0 Å². The zero-order valence-corrected chi connectivity index (χ0v) is 24.1. The van der Waals surface area contributed by atoms with Crippen LogP contribution in [-0.4, -0.2) is 49.4 Å². The predicted octanol–water partition coefficient (Wildman–Crippen LogP) is 6.69. The highest BCUT2D eigenvalue weighted by atomic mass is 32.1. The Morgan fingerprint density at radius 1 is 0.927 bits per heavy atom. The minimum Gasteiger partial charge on any atom is -0.350 e. The number of thiophene rings is 1. The van der Waals surface area contributed by atoms with Crippen LogP contribution in [0.1, 0.15) is 43.1 Å². The van der Waals surface area contributed by atoms with Gasteiger partial charge in [0.25, 0.3) is 0 Å². The normalized spacial score (nSPS) is 11.6. The van der Waals surface area contributed by atoms with Crippen molar-refractivity contribution in [2.45, 2.75) is 39.0 Å². The highest BCUT2D eigenvalue weighted by molar-refractivity contribution is 7.13. The number of rotatable bonds is 11. The molecule has 0 aliphatic heterocycles. The number of aryl methyl sites for hydroxylation is 1. The van der Waals surface area contributed by atoms with Crippen LogP contribution < -0.4 is 0 Å². The lowest BCUT2D eigenvalue weighted by Gasteiger charge is -2.17. The van der Waals surface area contributed by atoms with Crippen LogP contribution in [0, 0.1) is 0 Å². The van der Waals surface area contributed by atoms with E-state index in [9.17, 15) is 0 Å². The van der Waals surface area contributed by atoms with Gasteiger partial charge in [0.15, 0.2) is 5.65 Å². The molecule has 0 bridgehead atoms. The lowest BCUT2D eigenvalue weighted by Crippen LogP contribution is -2.10. The fourth-order valence-corrected chi connectivity index (χ4v) is 5.86. The van der Waals surface area contributed by atoms with Gasteiger partial charge in [-0.05, 0) is 45.8 Å². The van der Waals surface area contributed by atoms with Crippen LogP contribution in [0.4, 0.5) is 0 Å². The van der Waals surface area contributed by atoms with Gasteiger partial charge >= 0.3 is 0 Å². The van der Waals surface area contributed by atoms with Gasteiger partial charge in [0.2, 0.25) is 12.1 Å². The van der Waals surface area contributed by atoms with Gasteiger partial charge in [-0.15, -0.1) is 21.5 Å². The summed E-state index contributed by atoms with van der Waals surface area (Å²) in [4.78, 5) is 11.3. The summed E-state index contributed by atoms with van der Waals surface area (Å²) in [6.45, 7) is 2.85. The Morgan fingerprint density at radius 2 is 1.73 bits per heavy atom. The van der Waals surface area contributed by atoms with E-state index in [1.165, 1.54) is 0 Å². The van der Waals surface area contributed by atoms with Gasteiger partial charge < -0.3 is 14.0 Å². The first-order valence-electron chi connectivity index (χ1n) is 13.6. The number of benzene rings is 2. The molecule has 0 aliphatic carbocycles. The minimum absolute atomic E-state index is 0.573. The molecule has 2 aromatic carbocycles. The van der Waals surface area contributed by atoms with Gasteiger partial charge in [0.1, 0.15) is 17.0 Å². The highest BCUT2D eigenvalue weighted by Crippen LogP contribution is 2.35. The number of nitrogens with zero attached hydrogens (tertiary/aromatic N) is 6. The van der Waals surface area contributed by atoms with Crippen molar-refractivity contribution in [3.05, 3.63) is 89.2 Å². The summed E-state index contributed by atoms with van der Waals surface area (Å²) in [6.07, 6.45) is 2.44. The zero-order valence-electron chi connectivity index (χ0n) is 23.2. The molecule has 0 saturated carbocycles. The molecular weight excluding hydrogens is 534 g/mol. The van der Waals surface area contributed by atoms with Gasteiger partial charge in [-0.25, -0.2) is 9.97 Å². The Labute approximate surface area is 242 Å². The monoisotopic (exact) mass is 565 g/mol. The summed E-state index contributed by atoms with van der Waals surface area (Å²) >= 11 is 1.67. The van der Waals surface area contributed by atoms with E-state index in [4.69, 9.17) is 19.4 Å². The van der Waals surface area contributed by atoms with Crippen molar-refractivity contribution < 1.29 is 9.47 Å². The number of tetrazole rings is 1. The molecule has 0 saturated heterocycles. The molecule has 4 aromatic heterocycles. The first-order chi connectivity index (χ1) is 20.2. The van der Waals surface area contributed by atoms with E-state index in [1.807, 2.05) is 24.3 Å². The van der Waals surface area contributed by atoms with Gasteiger partial charge in [-0.1, -0.05) is 67.9 Å². The quantitative estimate of drug-likeness (QED) is 0.175. The third kappa shape index (κ3) is 5.41. The van der Waals surface area contributed by atoms with Crippen LogP contribution in [0.3, 0.4) is 0 Å². The Balaban J connectivity index is 1.40. The van der Waals surface area contributed by atoms with Crippen molar-refractivity contribution in [1.82, 2.24) is 35.2 Å². The van der Waals surface area contributed by atoms with Crippen LogP contribution in [-0.2, 0) is 22.4 Å². The third-order valence-corrected chi connectivity index (χ3v) is 8.04. The number of aromatic amines is 1. The number of H-pyrrole nitrogens is 1. The van der Waals surface area contributed by atoms with Crippen LogP contribution in [0.25, 0.3) is 44.1 Å². The molecule has 0 atom stereocenters. The lowest BCUT2D eigenvalue weighted by molar-refractivity contribution is -0.108. The molecule has 6 aromatic rings. The number of methoxy groups -OCH3 is 2. The van der Waals surface area contributed by atoms with E-state index >= 15 is 0 Å². The largest absolute Gasteiger partial charge is 0.350 e. The maximum atomic E-state index is 5.67. The number of ether oxygens (including phenoxy) is 2. The van der Waals surface area contributed by atoms with Gasteiger partial charge in [-0.2, -0.15) is 5.21 Å². The second-order valence-corrected chi connectivity index (χ2v) is 10.7. The average molecular weight is 566 g/mol. The molecule has 0 fully saturated rings. The second kappa shape index (κ2) is 12.1. The molecule has 208 valence electrons. The number of unbranched alkanes of at least 4 members (excludes halogenated alkanes) is 1. The number of pyridine rings is 1. The summed E-state index contributed by atoms with van der Waals surface area (Å²) in [6, 6.07) is 22.9. The van der Waals surface area contributed by atoms with E-state index in [2.05, 4.69) is 80.0 Å². The minimum atomic E-state index is -0.586. The Hall–Kier alpha value is -4.25. The summed E-state index contributed by atoms with van der Waals surface area (Å²) in [5.74, 6) is 1.60. The SMILES string of the molecule is CCCCc1nc2cc(-c3cccs3)c(C(OC)OC)nc2n1Cc1ccc(-c2ccccc2-c2nn[nH]n2)cc1. The van der Waals surface area contributed by atoms with Crippen molar-refractivity contribution >= 4 is 22.5 Å². The average Bonchev–Trinajstić information content (AvgIpc) is 3.80. The van der Waals surface area contributed by atoms with Gasteiger partial charge in [0, 0.05) is 36.6 Å². The number of fused-ring (bicyclic) bond motifs is 1. The molecule has 0 amide bonds. The van der Waals surface area contributed by atoms with Crippen LogP contribution >= 0.6 is 11.3 Å². The van der Waals surface area contributed by atoms with Crippen LogP contribution in [0.2, 0.25) is 0 Å².